The third-order valence-corrected chi connectivity index (χ3v) is 13.9. The highest BCUT2D eigenvalue weighted by molar-refractivity contribution is 5.96. The SMILES string of the molecule is CC(=O)O[C@H]1C(=O)[C@@]2(C)[C@H]([C@H](OC(=O)c3ccccc3)[C@]3(O)C[C@H](OC(=O)[C@H](O)C(NC(=O)c4ccccc4)c4ccccc4)C(C)=C1C3(C)C)[C@]1(OC(C)=O)CO[C@@H]1C[C@@H]2C. The van der Waals surface area contributed by atoms with E-state index in [1.165, 1.54) is 19.1 Å². The molecule has 1 amide bonds. The maximum Gasteiger partial charge on any atom is 0.338 e. The fourth-order valence-corrected chi connectivity index (χ4v) is 10.5. The number of nitrogens with one attached hydrogen (secondary N) is 1. The number of Topliss-reactive ketones (excluding diaryl/α,β-unsaturated/α-hetero) is 1. The minimum Gasteiger partial charge on any atom is -0.456 e. The highest BCUT2D eigenvalue weighted by atomic mass is 16.6. The first-order valence-electron chi connectivity index (χ1n) is 20.8. The van der Waals surface area contributed by atoms with E-state index in [1.807, 2.05) is 6.92 Å². The summed E-state index contributed by atoms with van der Waals surface area (Å²) in [6.45, 7) is 10.5. The minimum atomic E-state index is -2.28. The van der Waals surface area contributed by atoms with Crippen LogP contribution in [0.1, 0.15) is 93.6 Å². The summed E-state index contributed by atoms with van der Waals surface area (Å²) in [4.78, 5) is 83.9. The number of aliphatic hydroxyl groups is 2. The first kappa shape index (κ1) is 44.4. The second kappa shape index (κ2) is 16.5. The van der Waals surface area contributed by atoms with E-state index in [0.717, 1.165) is 6.92 Å². The van der Waals surface area contributed by atoms with Gasteiger partial charge < -0.3 is 39.2 Å². The number of ether oxygens (including phenoxy) is 5. The highest BCUT2D eigenvalue weighted by Gasteiger charge is 2.77. The first-order valence-corrected chi connectivity index (χ1v) is 20.8. The summed E-state index contributed by atoms with van der Waals surface area (Å²) in [5, 5.41) is 28.3. The van der Waals surface area contributed by atoms with Gasteiger partial charge in [-0.1, -0.05) is 94.4 Å². The van der Waals surface area contributed by atoms with Crippen LogP contribution in [0.4, 0.5) is 0 Å². The van der Waals surface area contributed by atoms with Crippen LogP contribution in [0.15, 0.2) is 102 Å². The van der Waals surface area contributed by atoms with Crippen LogP contribution in [-0.4, -0.2) is 94.1 Å². The van der Waals surface area contributed by atoms with Gasteiger partial charge in [-0.2, -0.15) is 0 Å². The van der Waals surface area contributed by atoms with Gasteiger partial charge in [-0.05, 0) is 60.2 Å². The van der Waals surface area contributed by atoms with Gasteiger partial charge in [0.1, 0.15) is 23.9 Å². The van der Waals surface area contributed by atoms with Gasteiger partial charge in [0.25, 0.3) is 5.91 Å². The summed E-state index contributed by atoms with van der Waals surface area (Å²) in [7, 11) is 0. The normalized spacial score (nSPS) is 31.9. The van der Waals surface area contributed by atoms with Crippen LogP contribution in [0.25, 0.3) is 0 Å². The number of benzene rings is 3. The first-order chi connectivity index (χ1) is 29.3. The number of carbonyl (C=O) groups is 6. The molecule has 3 aromatic rings. The Kier molecular flexibility index (Phi) is 11.8. The molecule has 14 heteroatoms. The predicted molar refractivity (Wildman–Crippen MR) is 221 cm³/mol. The molecule has 2 bridgehead atoms. The monoisotopic (exact) mass is 851 g/mol. The Hall–Kier alpha value is -5.70. The van der Waals surface area contributed by atoms with E-state index in [0.29, 0.717) is 5.56 Å². The molecule has 3 aliphatic carbocycles. The van der Waals surface area contributed by atoms with Crippen molar-refractivity contribution in [3.63, 3.8) is 0 Å². The molecule has 1 aliphatic heterocycles. The average Bonchev–Trinajstić information content (AvgIpc) is 3.24. The number of fused-ring (bicyclic) bond motifs is 5. The Labute approximate surface area is 359 Å². The second-order valence-corrected chi connectivity index (χ2v) is 17.7. The molecular weight excluding hydrogens is 799 g/mol. The lowest BCUT2D eigenvalue weighted by atomic mass is 9.43. The van der Waals surface area contributed by atoms with Gasteiger partial charge in [-0.25, -0.2) is 9.59 Å². The summed E-state index contributed by atoms with van der Waals surface area (Å²) >= 11 is 0. The lowest BCUT2D eigenvalue weighted by molar-refractivity contribution is -0.340. The Balaban J connectivity index is 1.39. The third-order valence-electron chi connectivity index (χ3n) is 13.9. The average molecular weight is 852 g/mol. The van der Waals surface area contributed by atoms with E-state index in [1.54, 1.807) is 107 Å². The lowest BCUT2D eigenvalue weighted by Crippen LogP contribution is -2.80. The van der Waals surface area contributed by atoms with E-state index < -0.39 is 112 Å². The second-order valence-electron chi connectivity index (χ2n) is 17.7. The van der Waals surface area contributed by atoms with Crippen molar-refractivity contribution in [2.24, 2.45) is 22.7 Å². The molecule has 2 saturated carbocycles. The van der Waals surface area contributed by atoms with Gasteiger partial charge in [-0.15, -0.1) is 0 Å². The van der Waals surface area contributed by atoms with E-state index in [4.69, 9.17) is 23.7 Å². The number of carbonyl (C=O) groups excluding carboxylic acids is 6. The zero-order chi connectivity index (χ0) is 44.9. The van der Waals surface area contributed by atoms with Crippen molar-refractivity contribution < 1.29 is 62.7 Å². The quantitative estimate of drug-likeness (QED) is 0.140. The van der Waals surface area contributed by atoms with Gasteiger partial charge in [0.15, 0.2) is 23.6 Å². The van der Waals surface area contributed by atoms with Crippen molar-refractivity contribution in [2.75, 3.05) is 6.61 Å². The molecule has 1 heterocycles. The zero-order valence-corrected chi connectivity index (χ0v) is 35.8. The number of ketones is 1. The van der Waals surface area contributed by atoms with Crippen molar-refractivity contribution in [2.45, 2.75) is 109 Å². The molecule has 0 radical (unpaired) electrons. The predicted octanol–water partition coefficient (Wildman–Crippen LogP) is 5.01. The van der Waals surface area contributed by atoms with Crippen LogP contribution >= 0.6 is 0 Å². The standard InChI is InChI=1S/C48H53NO13/c1-26-23-34-47(25-58-34,62-29(4)51)39-41(61-43(55)32-21-15-10-16-22-32)48(57)24-33(27(2)35(45(48,5)6)38(59-28(3)50)40(53)46(26,39)7)60-44(56)37(52)36(30-17-11-8-12-18-30)49-42(54)31-19-13-9-14-20-31/h8-22,26,33-34,36-39,41,52,57H,23-25H2,1-7H3,(H,49,54)/t26-,33-,34+,36?,37+,38+,39-,41-,46+,47-,48+/m0/s1. The zero-order valence-electron chi connectivity index (χ0n) is 35.8. The molecule has 0 aromatic heterocycles. The van der Waals surface area contributed by atoms with Crippen LogP contribution in [-0.2, 0) is 42.9 Å². The summed E-state index contributed by atoms with van der Waals surface area (Å²) in [6.07, 6.45) is -7.75. The van der Waals surface area contributed by atoms with Crippen LogP contribution in [0.3, 0.4) is 0 Å². The fourth-order valence-electron chi connectivity index (χ4n) is 10.5. The van der Waals surface area contributed by atoms with Gasteiger partial charge in [0.2, 0.25) is 0 Å². The molecule has 7 rings (SSSR count). The highest BCUT2D eigenvalue weighted by Crippen LogP contribution is 2.65. The Morgan fingerprint density at radius 3 is 1.95 bits per heavy atom. The van der Waals surface area contributed by atoms with E-state index in [2.05, 4.69) is 5.32 Å². The minimum absolute atomic E-state index is 0.108. The molecule has 62 heavy (non-hydrogen) atoms. The van der Waals surface area contributed by atoms with Crippen molar-refractivity contribution in [3.05, 3.63) is 119 Å². The van der Waals surface area contributed by atoms with Crippen molar-refractivity contribution in [1.29, 1.82) is 0 Å². The van der Waals surface area contributed by atoms with Crippen LogP contribution < -0.4 is 5.32 Å². The number of hydrogen-bond donors (Lipinski definition) is 3. The number of hydrogen-bond acceptors (Lipinski definition) is 13. The van der Waals surface area contributed by atoms with Crippen molar-refractivity contribution in [3.8, 4) is 0 Å². The Morgan fingerprint density at radius 2 is 1.40 bits per heavy atom. The van der Waals surface area contributed by atoms with Crippen LogP contribution in [0, 0.1) is 22.7 Å². The summed E-state index contributed by atoms with van der Waals surface area (Å²) in [5.74, 6) is -6.60. The maximum absolute atomic E-state index is 15.6. The number of esters is 4. The third kappa shape index (κ3) is 7.31. The summed E-state index contributed by atoms with van der Waals surface area (Å²) in [5.41, 5.74) is -5.93. The van der Waals surface area contributed by atoms with E-state index >= 15 is 4.79 Å². The van der Waals surface area contributed by atoms with Gasteiger partial charge >= 0.3 is 23.9 Å². The molecule has 11 atom stereocenters. The molecule has 1 unspecified atom stereocenters. The molecule has 14 nitrogen and oxygen atoms in total. The van der Waals surface area contributed by atoms with E-state index in [-0.39, 0.29) is 35.3 Å². The molecule has 3 aromatic carbocycles. The smallest absolute Gasteiger partial charge is 0.338 e. The molecule has 1 saturated heterocycles. The Morgan fingerprint density at radius 1 is 0.823 bits per heavy atom. The summed E-state index contributed by atoms with van der Waals surface area (Å²) in [6, 6.07) is 23.3. The molecule has 3 fully saturated rings. The molecular formula is C48H53NO13. The van der Waals surface area contributed by atoms with Crippen molar-refractivity contribution >= 4 is 35.6 Å². The van der Waals surface area contributed by atoms with Crippen LogP contribution in [0.5, 0.6) is 0 Å². The molecule has 4 aliphatic rings. The Bertz CT molecular complexity index is 2280. The number of amides is 1. The van der Waals surface area contributed by atoms with Gasteiger partial charge in [0.05, 0.1) is 24.1 Å². The van der Waals surface area contributed by atoms with Gasteiger partial charge in [0, 0.05) is 36.7 Å². The topological polar surface area (TPSA) is 201 Å². The largest absolute Gasteiger partial charge is 0.456 e. The number of rotatable bonds is 10. The van der Waals surface area contributed by atoms with E-state index in [9.17, 15) is 34.2 Å². The van der Waals surface area contributed by atoms with Crippen LogP contribution in [0.2, 0.25) is 0 Å². The molecule has 328 valence electrons. The molecule has 0 spiro atoms. The molecule has 3 N–H and O–H groups in total. The fraction of sp³-hybridized carbons (Fsp3) is 0.458. The van der Waals surface area contributed by atoms with Crippen molar-refractivity contribution in [1.82, 2.24) is 5.32 Å². The number of aliphatic hydroxyl groups excluding tert-OH is 1. The summed E-state index contributed by atoms with van der Waals surface area (Å²) < 4.78 is 30.8. The van der Waals surface area contributed by atoms with Gasteiger partial charge in [-0.3, -0.25) is 19.2 Å². The lowest BCUT2D eigenvalue weighted by Gasteiger charge is -2.68. The maximum atomic E-state index is 15.6.